The van der Waals surface area contributed by atoms with Crippen molar-refractivity contribution in [2.75, 3.05) is 45.0 Å². The van der Waals surface area contributed by atoms with E-state index in [0.29, 0.717) is 22.6 Å². The molecule has 0 bridgehead atoms. The summed E-state index contributed by atoms with van der Waals surface area (Å²) in [4.78, 5) is 8.10. The maximum atomic E-state index is 12.3. The van der Waals surface area contributed by atoms with Crippen LogP contribution in [0.2, 0.25) is 0 Å². The number of fused-ring (bicyclic) bond motifs is 1. The number of nitrogens with zero attached hydrogens (tertiary/aromatic N) is 2. The molecule has 0 fully saturated rings. The van der Waals surface area contributed by atoms with Crippen molar-refractivity contribution >= 4 is 16.0 Å². The highest BCUT2D eigenvalue weighted by Crippen LogP contribution is 2.40. The standard InChI is InChI=1S/C16H20N4O7S/c1-24-6-4-19-28(22,23)20-15-14(16(18-9-17-15)25-7-5-21)11-2-3-12-13(8-11)27-10-26-12/h2-3,8-9,19,21H,4-7,10H2,1H3,(H,17,18,20). The predicted molar refractivity (Wildman–Crippen MR) is 98.6 cm³/mol. The van der Waals surface area contributed by atoms with E-state index in [2.05, 4.69) is 19.4 Å². The van der Waals surface area contributed by atoms with E-state index in [4.69, 9.17) is 24.1 Å². The zero-order chi connectivity index (χ0) is 20.0. The summed E-state index contributed by atoms with van der Waals surface area (Å²) in [5.74, 6) is 1.19. The molecule has 0 amide bonds. The van der Waals surface area contributed by atoms with Crippen LogP contribution >= 0.6 is 0 Å². The molecule has 0 radical (unpaired) electrons. The molecule has 1 aliphatic heterocycles. The van der Waals surface area contributed by atoms with Crippen LogP contribution in [0.15, 0.2) is 24.5 Å². The van der Waals surface area contributed by atoms with Crippen LogP contribution in [0.5, 0.6) is 17.4 Å². The summed E-state index contributed by atoms with van der Waals surface area (Å²) in [6.45, 7) is 0.145. The number of hydrogen-bond acceptors (Lipinski definition) is 9. The Morgan fingerprint density at radius 1 is 1.21 bits per heavy atom. The number of nitrogens with one attached hydrogen (secondary N) is 2. The number of anilines is 1. The van der Waals surface area contributed by atoms with Crippen LogP contribution in [0, 0.1) is 0 Å². The molecule has 2 heterocycles. The van der Waals surface area contributed by atoms with Crippen molar-refractivity contribution < 1.29 is 32.5 Å². The number of hydrogen-bond donors (Lipinski definition) is 3. The molecule has 12 heteroatoms. The molecule has 3 rings (SSSR count). The fourth-order valence-corrected chi connectivity index (χ4v) is 3.29. The second-order valence-corrected chi connectivity index (χ2v) is 7.03. The smallest absolute Gasteiger partial charge is 0.300 e. The summed E-state index contributed by atoms with van der Waals surface area (Å²) in [6.07, 6.45) is 1.16. The molecule has 0 saturated heterocycles. The molecule has 28 heavy (non-hydrogen) atoms. The first-order valence-corrected chi connectivity index (χ1v) is 9.77. The molecule has 11 nitrogen and oxygen atoms in total. The van der Waals surface area contributed by atoms with E-state index >= 15 is 0 Å². The van der Waals surface area contributed by atoms with E-state index in [1.807, 2.05) is 0 Å². The minimum absolute atomic E-state index is 0.00622. The lowest BCUT2D eigenvalue weighted by atomic mass is 10.1. The van der Waals surface area contributed by atoms with Gasteiger partial charge in [-0.1, -0.05) is 6.07 Å². The molecular formula is C16H20N4O7S. The van der Waals surface area contributed by atoms with Gasteiger partial charge in [0.1, 0.15) is 12.9 Å². The van der Waals surface area contributed by atoms with Crippen molar-refractivity contribution in [1.82, 2.24) is 14.7 Å². The average Bonchev–Trinajstić information content (AvgIpc) is 3.14. The van der Waals surface area contributed by atoms with Crippen LogP contribution in [0.1, 0.15) is 0 Å². The number of benzene rings is 1. The van der Waals surface area contributed by atoms with E-state index < -0.39 is 10.2 Å². The highest BCUT2D eigenvalue weighted by molar-refractivity contribution is 7.90. The second-order valence-electron chi connectivity index (χ2n) is 5.54. The minimum Gasteiger partial charge on any atom is -0.475 e. The van der Waals surface area contributed by atoms with Crippen LogP contribution in [-0.4, -0.2) is 63.8 Å². The number of aromatic nitrogens is 2. The van der Waals surface area contributed by atoms with Gasteiger partial charge < -0.3 is 24.1 Å². The van der Waals surface area contributed by atoms with Crippen molar-refractivity contribution in [3.05, 3.63) is 24.5 Å². The fraction of sp³-hybridized carbons (Fsp3) is 0.375. The average molecular weight is 412 g/mol. The van der Waals surface area contributed by atoms with Gasteiger partial charge in [0.15, 0.2) is 17.3 Å². The second kappa shape index (κ2) is 9.01. The molecular weight excluding hydrogens is 392 g/mol. The molecule has 1 aliphatic rings. The first-order valence-electron chi connectivity index (χ1n) is 8.29. The number of rotatable bonds is 10. The van der Waals surface area contributed by atoms with Gasteiger partial charge in [0.25, 0.3) is 10.2 Å². The third kappa shape index (κ3) is 4.78. The Morgan fingerprint density at radius 2 is 2.04 bits per heavy atom. The normalized spacial score (nSPS) is 12.8. The number of ether oxygens (including phenoxy) is 4. The molecule has 0 atom stereocenters. The van der Waals surface area contributed by atoms with Crippen molar-refractivity contribution in [2.45, 2.75) is 0 Å². The van der Waals surface area contributed by atoms with Gasteiger partial charge in [-0.2, -0.15) is 13.1 Å². The largest absolute Gasteiger partial charge is 0.475 e. The highest BCUT2D eigenvalue weighted by Gasteiger charge is 2.22. The third-order valence-corrected chi connectivity index (χ3v) is 4.68. The predicted octanol–water partition coefficient (Wildman–Crippen LogP) is 0.136. The van der Waals surface area contributed by atoms with E-state index in [1.165, 1.54) is 7.11 Å². The van der Waals surface area contributed by atoms with Gasteiger partial charge in [0.2, 0.25) is 12.7 Å². The Labute approximate surface area is 161 Å². The minimum atomic E-state index is -3.92. The van der Waals surface area contributed by atoms with E-state index in [9.17, 15) is 8.42 Å². The molecule has 3 N–H and O–H groups in total. The summed E-state index contributed by atoms with van der Waals surface area (Å²) < 4.78 is 50.3. The van der Waals surface area contributed by atoms with Crippen molar-refractivity contribution in [3.63, 3.8) is 0 Å². The van der Waals surface area contributed by atoms with Gasteiger partial charge in [0, 0.05) is 13.7 Å². The molecule has 152 valence electrons. The monoisotopic (exact) mass is 412 g/mol. The number of methoxy groups -OCH3 is 1. The summed E-state index contributed by atoms with van der Waals surface area (Å²) in [6, 6.07) is 5.06. The third-order valence-electron chi connectivity index (χ3n) is 3.63. The Bertz CT molecular complexity index is 923. The molecule has 0 unspecified atom stereocenters. The quantitative estimate of drug-likeness (QED) is 0.464. The summed E-state index contributed by atoms with van der Waals surface area (Å²) >= 11 is 0. The van der Waals surface area contributed by atoms with Crippen molar-refractivity contribution in [3.8, 4) is 28.5 Å². The van der Waals surface area contributed by atoms with Gasteiger partial charge in [-0.15, -0.1) is 0 Å². The van der Waals surface area contributed by atoms with Crippen molar-refractivity contribution in [2.24, 2.45) is 0 Å². The van der Waals surface area contributed by atoms with Gasteiger partial charge >= 0.3 is 0 Å². The van der Waals surface area contributed by atoms with E-state index in [0.717, 1.165) is 6.33 Å². The SMILES string of the molecule is COCCNS(=O)(=O)Nc1ncnc(OCCO)c1-c1ccc2c(c1)OCO2. The van der Waals surface area contributed by atoms with Crippen molar-refractivity contribution in [1.29, 1.82) is 0 Å². The fourth-order valence-electron chi connectivity index (χ4n) is 2.45. The number of aliphatic hydroxyl groups is 1. The van der Waals surface area contributed by atoms with Gasteiger partial charge in [-0.25, -0.2) is 9.97 Å². The van der Waals surface area contributed by atoms with Crippen LogP contribution in [0.3, 0.4) is 0 Å². The molecule has 0 aliphatic carbocycles. The van der Waals surface area contributed by atoms with Gasteiger partial charge in [-0.05, 0) is 17.7 Å². The topological polar surface area (TPSA) is 141 Å². The Balaban J connectivity index is 1.98. The van der Waals surface area contributed by atoms with Crippen LogP contribution < -0.4 is 23.7 Å². The lowest BCUT2D eigenvalue weighted by Crippen LogP contribution is -2.33. The zero-order valence-corrected chi connectivity index (χ0v) is 15.9. The Hall–Kier alpha value is -2.67. The van der Waals surface area contributed by atoms with E-state index in [-0.39, 0.29) is 44.9 Å². The van der Waals surface area contributed by atoms with Crippen LogP contribution in [0.25, 0.3) is 11.1 Å². The lowest BCUT2D eigenvalue weighted by Gasteiger charge is -2.15. The maximum Gasteiger partial charge on any atom is 0.300 e. The molecule has 1 aromatic carbocycles. The first kappa shape index (κ1) is 20.1. The zero-order valence-electron chi connectivity index (χ0n) is 15.0. The van der Waals surface area contributed by atoms with E-state index in [1.54, 1.807) is 18.2 Å². The van der Waals surface area contributed by atoms with Crippen LogP contribution in [0.4, 0.5) is 5.82 Å². The summed E-state index contributed by atoms with van der Waals surface area (Å²) in [5, 5.41) is 9.05. The van der Waals surface area contributed by atoms with Crippen LogP contribution in [-0.2, 0) is 14.9 Å². The maximum absolute atomic E-state index is 12.3. The highest BCUT2D eigenvalue weighted by atomic mass is 32.2. The molecule has 1 aromatic heterocycles. The molecule has 0 spiro atoms. The summed E-state index contributed by atoms with van der Waals surface area (Å²) in [5.41, 5.74) is 0.846. The molecule has 0 saturated carbocycles. The Kier molecular flexibility index (Phi) is 6.46. The lowest BCUT2D eigenvalue weighted by molar-refractivity contribution is 0.174. The number of aliphatic hydroxyl groups excluding tert-OH is 1. The first-order chi connectivity index (χ1) is 13.5. The summed E-state index contributed by atoms with van der Waals surface area (Å²) in [7, 11) is -2.45. The molecule has 2 aromatic rings. The Morgan fingerprint density at radius 3 is 2.82 bits per heavy atom. The van der Waals surface area contributed by atoms with Gasteiger partial charge in [0.05, 0.1) is 18.8 Å². The van der Waals surface area contributed by atoms with Gasteiger partial charge in [-0.3, -0.25) is 4.72 Å².